The summed E-state index contributed by atoms with van der Waals surface area (Å²) in [6.07, 6.45) is 3.32. The van der Waals surface area contributed by atoms with Gasteiger partial charge in [0.05, 0.1) is 0 Å². The summed E-state index contributed by atoms with van der Waals surface area (Å²) in [4.78, 5) is 27.8. The highest BCUT2D eigenvalue weighted by Crippen LogP contribution is 2.11. The summed E-state index contributed by atoms with van der Waals surface area (Å²) in [5.74, 6) is -0.438. The van der Waals surface area contributed by atoms with Gasteiger partial charge in [0, 0.05) is 11.8 Å². The molecule has 0 bridgehead atoms. The van der Waals surface area contributed by atoms with Crippen LogP contribution >= 0.6 is 11.8 Å². The predicted octanol–water partition coefficient (Wildman–Crippen LogP) is 1.62. The van der Waals surface area contributed by atoms with E-state index in [0.717, 1.165) is 0 Å². The smallest absolute Gasteiger partial charge is 0.326 e. The van der Waals surface area contributed by atoms with E-state index in [2.05, 4.69) is 4.98 Å². The Labute approximate surface area is 111 Å². The van der Waals surface area contributed by atoms with Crippen LogP contribution < -0.4 is 5.56 Å². The van der Waals surface area contributed by atoms with Gasteiger partial charge in [-0.15, -0.1) is 0 Å². The van der Waals surface area contributed by atoms with Crippen molar-refractivity contribution in [1.82, 2.24) is 9.55 Å². The zero-order valence-electron chi connectivity index (χ0n) is 11.3. The molecule has 0 unspecified atom stereocenters. The van der Waals surface area contributed by atoms with E-state index in [-0.39, 0.29) is 12.1 Å². The molecule has 1 heterocycles. The zero-order chi connectivity index (χ0) is 13.9. The number of ether oxygens (including phenoxy) is 1. The van der Waals surface area contributed by atoms with Crippen LogP contribution in [0.3, 0.4) is 0 Å². The van der Waals surface area contributed by atoms with Crippen LogP contribution in [-0.4, -0.2) is 27.4 Å². The largest absolute Gasteiger partial charge is 0.459 e. The molecule has 0 atom stereocenters. The number of esters is 1. The van der Waals surface area contributed by atoms with Gasteiger partial charge in [-0.2, -0.15) is 0 Å². The molecule has 0 aliphatic rings. The quantitative estimate of drug-likeness (QED) is 0.474. The summed E-state index contributed by atoms with van der Waals surface area (Å²) in [5.41, 5.74) is -0.256. The van der Waals surface area contributed by atoms with Crippen molar-refractivity contribution >= 4 is 17.7 Å². The maximum atomic E-state index is 12.0. The lowest BCUT2D eigenvalue weighted by Crippen LogP contribution is -2.32. The molecule has 0 amide bonds. The zero-order valence-corrected chi connectivity index (χ0v) is 12.1. The number of carbonyl (C=O) groups is 1. The molecule has 0 aromatic carbocycles. The van der Waals surface area contributed by atoms with Crippen LogP contribution in [0.25, 0.3) is 0 Å². The Hall–Kier alpha value is -1.30. The summed E-state index contributed by atoms with van der Waals surface area (Å²) in [5, 5.41) is 0.511. The minimum Gasteiger partial charge on any atom is -0.459 e. The summed E-state index contributed by atoms with van der Waals surface area (Å²) >= 11 is 1.32. The second-order valence-corrected chi connectivity index (χ2v) is 5.68. The van der Waals surface area contributed by atoms with Crippen LogP contribution in [0.4, 0.5) is 0 Å². The Balaban J connectivity index is 3.00. The van der Waals surface area contributed by atoms with Gasteiger partial charge in [-0.05, 0) is 34.0 Å². The third kappa shape index (κ3) is 3.87. The van der Waals surface area contributed by atoms with Crippen molar-refractivity contribution in [3.8, 4) is 0 Å². The molecule has 0 radical (unpaired) electrons. The molecule has 18 heavy (non-hydrogen) atoms. The molecule has 5 nitrogen and oxygen atoms in total. The molecule has 0 aliphatic carbocycles. The highest BCUT2D eigenvalue weighted by molar-refractivity contribution is 7.98. The molecule has 1 aromatic rings. The van der Waals surface area contributed by atoms with Crippen LogP contribution in [0.2, 0.25) is 0 Å². The van der Waals surface area contributed by atoms with Gasteiger partial charge in [-0.1, -0.05) is 11.8 Å². The molecule has 0 aliphatic heterocycles. The fraction of sp³-hybridized carbons (Fsp3) is 0.583. The van der Waals surface area contributed by atoms with Gasteiger partial charge in [-0.3, -0.25) is 14.2 Å². The number of hydrogen-bond donors (Lipinski definition) is 0. The van der Waals surface area contributed by atoms with E-state index in [1.165, 1.54) is 22.5 Å². The number of rotatable bonds is 3. The number of hydrogen-bond acceptors (Lipinski definition) is 5. The monoisotopic (exact) mass is 270 g/mol. The van der Waals surface area contributed by atoms with Gasteiger partial charge < -0.3 is 4.74 Å². The first-order valence-corrected chi connectivity index (χ1v) is 6.79. The summed E-state index contributed by atoms with van der Waals surface area (Å²) < 4.78 is 6.54. The van der Waals surface area contributed by atoms with Crippen molar-refractivity contribution in [2.24, 2.45) is 0 Å². The van der Waals surface area contributed by atoms with Crippen molar-refractivity contribution in [2.45, 2.75) is 45.0 Å². The first-order valence-electron chi connectivity index (χ1n) is 5.57. The van der Waals surface area contributed by atoms with E-state index < -0.39 is 11.6 Å². The molecule has 0 saturated heterocycles. The normalized spacial score (nSPS) is 11.4. The summed E-state index contributed by atoms with van der Waals surface area (Å²) in [6, 6.07) is 0. The SMILES string of the molecule is CSc1ncc(C)c(=O)n1CC(=O)OC(C)(C)C. The van der Waals surface area contributed by atoms with Crippen molar-refractivity contribution < 1.29 is 9.53 Å². The van der Waals surface area contributed by atoms with Crippen molar-refractivity contribution in [2.75, 3.05) is 6.26 Å². The lowest BCUT2D eigenvalue weighted by Gasteiger charge is -2.20. The van der Waals surface area contributed by atoms with Crippen molar-refractivity contribution in [1.29, 1.82) is 0 Å². The number of nitrogens with zero attached hydrogens (tertiary/aromatic N) is 2. The molecule has 0 saturated carbocycles. The topological polar surface area (TPSA) is 61.2 Å². The van der Waals surface area contributed by atoms with Gasteiger partial charge in [0.25, 0.3) is 5.56 Å². The average Bonchev–Trinajstić information content (AvgIpc) is 2.22. The highest BCUT2D eigenvalue weighted by atomic mass is 32.2. The molecule has 0 spiro atoms. The van der Waals surface area contributed by atoms with Crippen LogP contribution in [0, 0.1) is 6.92 Å². The van der Waals surface area contributed by atoms with E-state index >= 15 is 0 Å². The fourth-order valence-corrected chi connectivity index (χ4v) is 1.91. The van der Waals surface area contributed by atoms with Gasteiger partial charge in [0.15, 0.2) is 5.16 Å². The minimum atomic E-state index is -0.558. The molecule has 0 fully saturated rings. The van der Waals surface area contributed by atoms with Crippen LogP contribution in [0.5, 0.6) is 0 Å². The van der Waals surface area contributed by atoms with Gasteiger partial charge >= 0.3 is 5.97 Å². The van der Waals surface area contributed by atoms with Gasteiger partial charge in [0.1, 0.15) is 12.1 Å². The summed E-state index contributed by atoms with van der Waals surface area (Å²) in [6.45, 7) is 6.93. The minimum absolute atomic E-state index is 0.110. The highest BCUT2D eigenvalue weighted by Gasteiger charge is 2.18. The molecule has 1 aromatic heterocycles. The first kappa shape index (κ1) is 14.8. The predicted molar refractivity (Wildman–Crippen MR) is 70.9 cm³/mol. The van der Waals surface area contributed by atoms with E-state index in [9.17, 15) is 9.59 Å². The Kier molecular flexibility index (Phi) is 4.56. The fourth-order valence-electron chi connectivity index (χ4n) is 1.38. The standard InChI is InChI=1S/C12H18N2O3S/c1-8-6-13-11(18-5)14(10(8)16)7-9(15)17-12(2,3)4/h6H,7H2,1-5H3. The van der Waals surface area contributed by atoms with Crippen LogP contribution in [0.1, 0.15) is 26.3 Å². The van der Waals surface area contributed by atoms with E-state index in [1.54, 1.807) is 27.7 Å². The van der Waals surface area contributed by atoms with Crippen LogP contribution in [0.15, 0.2) is 16.1 Å². The van der Waals surface area contributed by atoms with E-state index in [0.29, 0.717) is 10.7 Å². The Morgan fingerprint density at radius 2 is 2.11 bits per heavy atom. The number of aryl methyl sites for hydroxylation is 1. The molecule has 1 rings (SSSR count). The maximum absolute atomic E-state index is 12.0. The summed E-state index contributed by atoms with van der Waals surface area (Å²) in [7, 11) is 0. The molecule has 6 heteroatoms. The van der Waals surface area contributed by atoms with Crippen molar-refractivity contribution in [3.63, 3.8) is 0 Å². The average molecular weight is 270 g/mol. The molecular formula is C12H18N2O3S. The lowest BCUT2D eigenvalue weighted by molar-refractivity contribution is -0.155. The van der Waals surface area contributed by atoms with Crippen LogP contribution in [-0.2, 0) is 16.1 Å². The second-order valence-electron chi connectivity index (χ2n) is 4.91. The third-order valence-corrected chi connectivity index (χ3v) is 2.76. The molecular weight excluding hydrogens is 252 g/mol. The Morgan fingerprint density at radius 1 is 1.50 bits per heavy atom. The van der Waals surface area contributed by atoms with Crippen molar-refractivity contribution in [3.05, 3.63) is 22.1 Å². The Morgan fingerprint density at radius 3 is 2.61 bits per heavy atom. The number of aromatic nitrogens is 2. The third-order valence-electron chi connectivity index (χ3n) is 2.07. The van der Waals surface area contributed by atoms with E-state index in [1.807, 2.05) is 6.26 Å². The number of thioether (sulfide) groups is 1. The second kappa shape index (κ2) is 5.56. The maximum Gasteiger partial charge on any atom is 0.326 e. The van der Waals surface area contributed by atoms with E-state index in [4.69, 9.17) is 4.74 Å². The molecule has 100 valence electrons. The van der Waals surface area contributed by atoms with Gasteiger partial charge in [0.2, 0.25) is 0 Å². The molecule has 0 N–H and O–H groups in total. The lowest BCUT2D eigenvalue weighted by atomic mass is 10.2. The first-order chi connectivity index (χ1) is 8.24. The number of carbonyl (C=O) groups excluding carboxylic acids is 1. The Bertz CT molecular complexity index is 503. The van der Waals surface area contributed by atoms with Gasteiger partial charge in [-0.25, -0.2) is 4.98 Å².